The van der Waals surface area contributed by atoms with Gasteiger partial charge in [0, 0.05) is 29.5 Å². The number of carbonyl (C=O) groups excluding carboxylic acids is 2. The van der Waals surface area contributed by atoms with Crippen LogP contribution in [0.25, 0.3) is 0 Å². The quantitative estimate of drug-likeness (QED) is 0.269. The van der Waals surface area contributed by atoms with Crippen molar-refractivity contribution in [3.63, 3.8) is 0 Å². The third-order valence-electron chi connectivity index (χ3n) is 8.26. The van der Waals surface area contributed by atoms with Gasteiger partial charge in [-0.15, -0.1) is 0 Å². The van der Waals surface area contributed by atoms with Crippen LogP contribution in [0.5, 0.6) is 11.5 Å². The number of anilines is 1. The van der Waals surface area contributed by atoms with Crippen LogP contribution in [0, 0.1) is 0 Å². The average molecular weight is 699 g/mol. The first-order valence-electron chi connectivity index (χ1n) is 15.5. The molecule has 1 heterocycles. The zero-order valence-electron chi connectivity index (χ0n) is 25.5. The normalized spacial score (nSPS) is 15.6. The Morgan fingerprint density at radius 2 is 1.62 bits per heavy atom. The summed E-state index contributed by atoms with van der Waals surface area (Å²) < 4.78 is 40.3. The van der Waals surface area contributed by atoms with Crippen molar-refractivity contribution in [2.75, 3.05) is 29.8 Å². The highest BCUT2D eigenvalue weighted by Crippen LogP contribution is 2.35. The molecule has 0 aromatic heterocycles. The van der Waals surface area contributed by atoms with E-state index in [2.05, 4.69) is 21.2 Å². The molecular formula is C34H40BrN3O6S. The Labute approximate surface area is 274 Å². The molecule has 3 aromatic carbocycles. The van der Waals surface area contributed by atoms with Gasteiger partial charge < -0.3 is 19.7 Å². The number of fused-ring (bicyclic) bond motifs is 1. The molecule has 3 aromatic rings. The highest BCUT2D eigenvalue weighted by molar-refractivity contribution is 9.10. The van der Waals surface area contributed by atoms with Crippen molar-refractivity contribution >= 4 is 43.5 Å². The Bertz CT molecular complexity index is 1580. The summed E-state index contributed by atoms with van der Waals surface area (Å²) in [4.78, 5) is 30.1. The number of halogens is 1. The van der Waals surface area contributed by atoms with Gasteiger partial charge in [-0.1, -0.05) is 77.7 Å². The summed E-state index contributed by atoms with van der Waals surface area (Å²) in [6.07, 6.45) is 5.33. The first-order chi connectivity index (χ1) is 21.7. The van der Waals surface area contributed by atoms with Crippen LogP contribution in [0.3, 0.4) is 0 Å². The van der Waals surface area contributed by atoms with E-state index in [0.717, 1.165) is 52.0 Å². The molecule has 2 amide bonds. The Morgan fingerprint density at radius 1 is 0.911 bits per heavy atom. The lowest BCUT2D eigenvalue weighted by atomic mass is 9.94. The van der Waals surface area contributed by atoms with Crippen LogP contribution in [0.4, 0.5) is 5.69 Å². The summed E-state index contributed by atoms with van der Waals surface area (Å²) in [7, 11) is -3.89. The molecule has 0 spiro atoms. The Morgan fingerprint density at radius 3 is 2.33 bits per heavy atom. The molecule has 0 bridgehead atoms. The van der Waals surface area contributed by atoms with E-state index in [-0.39, 0.29) is 30.7 Å². The number of rotatable bonds is 12. The molecular weight excluding hydrogens is 658 g/mol. The molecule has 1 atom stereocenters. The molecule has 1 aliphatic heterocycles. The van der Waals surface area contributed by atoms with Gasteiger partial charge >= 0.3 is 0 Å². The van der Waals surface area contributed by atoms with Crippen molar-refractivity contribution in [1.29, 1.82) is 0 Å². The second kappa shape index (κ2) is 15.1. The summed E-state index contributed by atoms with van der Waals surface area (Å²) >= 11 is 3.52. The third-order valence-corrected chi connectivity index (χ3v) is 10.5. The van der Waals surface area contributed by atoms with Gasteiger partial charge in [-0.05, 0) is 55.2 Å². The Hall–Kier alpha value is -3.57. The maximum Gasteiger partial charge on any atom is 0.244 e. The first-order valence-corrected chi connectivity index (χ1v) is 17.9. The first kappa shape index (κ1) is 32.8. The van der Waals surface area contributed by atoms with Crippen molar-refractivity contribution in [1.82, 2.24) is 10.2 Å². The van der Waals surface area contributed by atoms with Crippen LogP contribution in [0.2, 0.25) is 0 Å². The van der Waals surface area contributed by atoms with E-state index < -0.39 is 28.5 Å². The molecule has 0 radical (unpaired) electrons. The van der Waals surface area contributed by atoms with Crippen LogP contribution in [-0.4, -0.2) is 62.7 Å². The molecule has 11 heteroatoms. The van der Waals surface area contributed by atoms with Gasteiger partial charge in [-0.2, -0.15) is 0 Å². The van der Waals surface area contributed by atoms with E-state index in [0.29, 0.717) is 30.4 Å². The van der Waals surface area contributed by atoms with Gasteiger partial charge in [0.1, 0.15) is 25.8 Å². The fraction of sp³-hybridized carbons (Fsp3) is 0.412. The number of nitrogens with zero attached hydrogens (tertiary/aromatic N) is 2. The topological polar surface area (TPSA) is 105 Å². The molecule has 9 nitrogen and oxygen atoms in total. The molecule has 0 unspecified atom stereocenters. The fourth-order valence-electron chi connectivity index (χ4n) is 5.84. The molecule has 240 valence electrons. The second-order valence-electron chi connectivity index (χ2n) is 11.4. The highest BCUT2D eigenvalue weighted by atomic mass is 79.9. The number of carbonyl (C=O) groups is 2. The summed E-state index contributed by atoms with van der Waals surface area (Å²) in [5, 5.41) is 3.23. The minimum Gasteiger partial charge on any atom is -0.486 e. The Kier molecular flexibility index (Phi) is 11.0. The molecule has 45 heavy (non-hydrogen) atoms. The summed E-state index contributed by atoms with van der Waals surface area (Å²) in [6, 6.07) is 21.2. The van der Waals surface area contributed by atoms with E-state index in [1.165, 1.54) is 4.90 Å². The third kappa shape index (κ3) is 8.58. The number of benzene rings is 3. The lowest BCUT2D eigenvalue weighted by molar-refractivity contribution is -0.140. The summed E-state index contributed by atoms with van der Waals surface area (Å²) in [5.41, 5.74) is 2.01. The van der Waals surface area contributed by atoms with Crippen molar-refractivity contribution < 1.29 is 27.5 Å². The van der Waals surface area contributed by atoms with Crippen molar-refractivity contribution in [3.8, 4) is 11.5 Å². The van der Waals surface area contributed by atoms with Gasteiger partial charge in [0.25, 0.3) is 0 Å². The molecule has 1 fully saturated rings. The molecule has 1 saturated carbocycles. The van der Waals surface area contributed by atoms with E-state index in [4.69, 9.17) is 9.47 Å². The van der Waals surface area contributed by atoms with Gasteiger partial charge in [-0.3, -0.25) is 13.9 Å². The smallest absolute Gasteiger partial charge is 0.244 e. The van der Waals surface area contributed by atoms with Gasteiger partial charge in [-0.25, -0.2) is 8.42 Å². The standard InChI is InChI=1S/C34H40BrN3O6S/c1-2-45(41,42)38(29-16-17-31-32(22-29)44-19-18-43-31)24-33(39)37(23-26-12-9-13-27(35)20-26)30(21-25-10-5-3-6-11-25)34(40)36-28-14-7-4-8-15-28/h3,5-6,9-13,16-17,20,22,28,30H,2,4,7-8,14-15,18-19,21,23-24H2,1H3,(H,36,40)/t30-/m1/s1. The van der Waals surface area contributed by atoms with Crippen molar-refractivity contribution in [2.24, 2.45) is 0 Å². The van der Waals surface area contributed by atoms with E-state index in [9.17, 15) is 18.0 Å². The molecule has 1 N–H and O–H groups in total. The van der Waals surface area contributed by atoms with Gasteiger partial charge in [0.15, 0.2) is 11.5 Å². The molecule has 0 saturated heterocycles. The number of hydrogen-bond donors (Lipinski definition) is 1. The van der Waals surface area contributed by atoms with Crippen LogP contribution >= 0.6 is 15.9 Å². The number of nitrogens with one attached hydrogen (secondary N) is 1. The average Bonchev–Trinajstić information content (AvgIpc) is 3.05. The van der Waals surface area contributed by atoms with E-state index in [1.807, 2.05) is 54.6 Å². The predicted octanol–water partition coefficient (Wildman–Crippen LogP) is 5.47. The zero-order chi connectivity index (χ0) is 31.8. The monoisotopic (exact) mass is 697 g/mol. The Balaban J connectivity index is 1.52. The lowest BCUT2D eigenvalue weighted by Gasteiger charge is -2.35. The number of ether oxygens (including phenoxy) is 2. The maximum absolute atomic E-state index is 14.5. The van der Waals surface area contributed by atoms with E-state index in [1.54, 1.807) is 25.1 Å². The SMILES string of the molecule is CCS(=O)(=O)N(CC(=O)N(Cc1cccc(Br)c1)[C@H](Cc1ccccc1)C(=O)NC1CCCCC1)c1ccc2c(c1)OCCO2. The largest absolute Gasteiger partial charge is 0.486 e. The summed E-state index contributed by atoms with van der Waals surface area (Å²) in [5.74, 6) is 0.00156. The van der Waals surface area contributed by atoms with Crippen molar-refractivity contribution in [2.45, 2.75) is 64.1 Å². The number of hydrogen-bond acceptors (Lipinski definition) is 6. The van der Waals surface area contributed by atoms with Crippen LogP contribution in [0.1, 0.15) is 50.2 Å². The fourth-order valence-corrected chi connectivity index (χ4v) is 7.34. The summed E-state index contributed by atoms with van der Waals surface area (Å²) in [6.45, 7) is 1.92. The predicted molar refractivity (Wildman–Crippen MR) is 178 cm³/mol. The second-order valence-corrected chi connectivity index (χ2v) is 14.5. The van der Waals surface area contributed by atoms with E-state index >= 15 is 0 Å². The molecule has 5 rings (SSSR count). The number of sulfonamides is 1. The maximum atomic E-state index is 14.5. The molecule has 1 aliphatic carbocycles. The minimum absolute atomic E-state index is 0.0435. The van der Waals surface area contributed by atoms with Crippen LogP contribution in [0.15, 0.2) is 77.3 Å². The number of amides is 2. The van der Waals surface area contributed by atoms with Gasteiger partial charge in [0.2, 0.25) is 21.8 Å². The minimum atomic E-state index is -3.89. The zero-order valence-corrected chi connectivity index (χ0v) is 27.9. The molecule has 2 aliphatic rings. The van der Waals surface area contributed by atoms with Crippen molar-refractivity contribution in [3.05, 3.63) is 88.4 Å². The van der Waals surface area contributed by atoms with Gasteiger partial charge in [0.05, 0.1) is 11.4 Å². The lowest BCUT2D eigenvalue weighted by Crippen LogP contribution is -2.55. The van der Waals surface area contributed by atoms with Crippen LogP contribution in [-0.2, 0) is 32.6 Å². The van der Waals surface area contributed by atoms with Crippen LogP contribution < -0.4 is 19.1 Å². The highest BCUT2D eigenvalue weighted by Gasteiger charge is 2.35.